The number of alkyl halides is 3. The highest BCUT2D eigenvalue weighted by Crippen LogP contribution is 2.51. The number of benzene rings is 1. The monoisotopic (exact) mass is 607 g/mol. The van der Waals surface area contributed by atoms with E-state index in [-0.39, 0.29) is 28.0 Å². The van der Waals surface area contributed by atoms with Gasteiger partial charge in [0.15, 0.2) is 13.1 Å². The largest absolute Gasteiger partial charge is 0.482 e. The molecule has 213 valence electrons. The van der Waals surface area contributed by atoms with Crippen molar-refractivity contribution in [3.05, 3.63) is 59.4 Å². The molecule has 2 unspecified atom stereocenters. The van der Waals surface area contributed by atoms with Gasteiger partial charge in [0.1, 0.15) is 26.8 Å². The molecule has 1 saturated heterocycles. The highest BCUT2D eigenvalue weighted by atomic mass is 19.4. The van der Waals surface area contributed by atoms with Crippen LogP contribution >= 0.6 is 0 Å². The third kappa shape index (κ3) is 4.84. The summed E-state index contributed by atoms with van der Waals surface area (Å²) in [6, 6.07) is 8.21. The van der Waals surface area contributed by atoms with E-state index in [9.17, 15) is 22.8 Å². The molecule has 46 heavy (non-hydrogen) atoms. The number of pyridine rings is 1. The van der Waals surface area contributed by atoms with Gasteiger partial charge in [0.25, 0.3) is 5.91 Å². The molecule has 23 heteroatoms. The number of nitrogens with two attached hydrogens (primary N) is 2. The Morgan fingerprint density at radius 2 is 1.74 bits per heavy atom. The van der Waals surface area contributed by atoms with E-state index in [1.165, 1.54) is 31.3 Å². The summed E-state index contributed by atoms with van der Waals surface area (Å²) >= 11 is 0. The van der Waals surface area contributed by atoms with Crippen molar-refractivity contribution in [2.75, 3.05) is 7.05 Å². The fourth-order valence-corrected chi connectivity index (χ4v) is 5.30. The molecule has 2 aliphatic heterocycles. The van der Waals surface area contributed by atoms with Gasteiger partial charge >= 0.3 is 6.18 Å². The molecule has 0 aliphatic carbocycles. The fraction of sp³-hybridized carbons (Fsp3) is 0.304. The molecule has 3 aromatic rings. The predicted molar refractivity (Wildman–Crippen MR) is 170 cm³/mol. The first-order valence-corrected chi connectivity index (χ1v) is 13.0. The van der Waals surface area contributed by atoms with Crippen LogP contribution in [-0.2, 0) is 5.34 Å². The van der Waals surface area contributed by atoms with Crippen LogP contribution < -0.4 is 21.6 Å². The summed E-state index contributed by atoms with van der Waals surface area (Å²) in [6.07, 6.45) is -4.16. The zero-order chi connectivity index (χ0) is 34.4. The second kappa shape index (κ2) is 10.4. The van der Waals surface area contributed by atoms with Gasteiger partial charge in [-0.05, 0) is 45.6 Å². The van der Waals surface area contributed by atoms with Crippen LogP contribution in [0.15, 0.2) is 47.7 Å². The summed E-state index contributed by atoms with van der Waals surface area (Å²) in [5.41, 5.74) is 5.90. The van der Waals surface area contributed by atoms with Crippen LogP contribution in [-0.4, -0.2) is 142 Å². The van der Waals surface area contributed by atoms with Crippen molar-refractivity contribution in [1.82, 2.24) is 24.9 Å². The van der Waals surface area contributed by atoms with Gasteiger partial charge in [-0.2, -0.15) is 13.2 Å². The molecule has 4 heterocycles. The van der Waals surface area contributed by atoms with Crippen molar-refractivity contribution in [1.29, 1.82) is 0 Å². The first-order valence-electron chi connectivity index (χ1n) is 13.0. The number of rotatable bonds is 7. The normalized spacial score (nSPS) is 22.7. The van der Waals surface area contributed by atoms with E-state index in [1.54, 1.807) is 6.07 Å². The van der Waals surface area contributed by atoms with Gasteiger partial charge in [-0.1, -0.05) is 12.1 Å². The van der Waals surface area contributed by atoms with Gasteiger partial charge in [0, 0.05) is 24.4 Å². The SMILES string of the molecule is [B]C([B])(NC(=O)c1cccc(/C(N)=N/N(C)N)c1)C1([B])[B]C2([B])N1C(=O)c1cc3c(OC([B])([B])C(F)(F)F)nccc3n1C2([B])[B]. The molecule has 2 aromatic heterocycles. The molecule has 2 atom stereocenters. The second-order valence-corrected chi connectivity index (χ2v) is 11.0. The molecular formula is C23H15B9F3N8O3. The predicted octanol–water partition coefficient (Wildman–Crippen LogP) is -3.42. The number of nitrogens with one attached hydrogen (secondary N) is 1. The summed E-state index contributed by atoms with van der Waals surface area (Å²) < 4.78 is 46.0. The number of carbonyl (C=O) groups is 2. The summed E-state index contributed by atoms with van der Waals surface area (Å²) in [7, 11) is 51.5. The number of nitrogens with zero attached hydrogens (tertiary/aromatic N) is 5. The number of halogens is 3. The van der Waals surface area contributed by atoms with Crippen molar-refractivity contribution in [2.24, 2.45) is 16.7 Å². The maximum absolute atomic E-state index is 14.0. The zero-order valence-electron chi connectivity index (χ0n) is 24.0. The Balaban J connectivity index is 1.51. The molecule has 5 N–H and O–H groups in total. The molecule has 1 aromatic carbocycles. The van der Waals surface area contributed by atoms with E-state index in [0.717, 1.165) is 34.1 Å². The zero-order valence-corrected chi connectivity index (χ0v) is 24.0. The van der Waals surface area contributed by atoms with Crippen LogP contribution in [0, 0.1) is 0 Å². The Labute approximate surface area is 272 Å². The van der Waals surface area contributed by atoms with E-state index >= 15 is 0 Å². The van der Waals surface area contributed by atoms with Gasteiger partial charge < -0.3 is 25.3 Å². The highest BCUT2D eigenvalue weighted by Gasteiger charge is 2.70. The molecule has 2 amide bonds. The van der Waals surface area contributed by atoms with Crippen LogP contribution in [0.5, 0.6) is 5.88 Å². The molecule has 2 aliphatic rings. The van der Waals surface area contributed by atoms with Crippen molar-refractivity contribution < 1.29 is 27.5 Å². The molecule has 0 saturated carbocycles. The van der Waals surface area contributed by atoms with Crippen LogP contribution in [0.4, 0.5) is 13.2 Å². The van der Waals surface area contributed by atoms with Crippen LogP contribution in [0.2, 0.25) is 0 Å². The molecule has 0 bridgehead atoms. The average molecular weight is 606 g/mol. The van der Waals surface area contributed by atoms with Gasteiger partial charge in [-0.15, -0.1) is 5.10 Å². The minimum Gasteiger partial charge on any atom is -0.482 e. The maximum atomic E-state index is 14.0. The average Bonchev–Trinajstić information content (AvgIpc) is 3.32. The van der Waals surface area contributed by atoms with E-state index in [0.29, 0.717) is 5.56 Å². The maximum Gasteiger partial charge on any atom is 0.410 e. The standard InChI is InChI=1S/C23H15B9F3N8O3/c1-41(37)40-14(36)9-3-2-4-10(7-9)15(44)39-18(24,25)21(30)32-22(31)19(26,27)42-12-5-6-38-16(46-20(28,29)23(33,34)35)11(12)8-13(42)17(45)43(21)22/h2-8H,37H2,1H3,(H2,36,40)(H,39,44). The number of amides is 2. The number of hydrogen-bond acceptors (Lipinski definition) is 7. The van der Waals surface area contributed by atoms with Crippen LogP contribution in [0.3, 0.4) is 0 Å². The molecular weight excluding hydrogens is 591 g/mol. The highest BCUT2D eigenvalue weighted by molar-refractivity contribution is 6.77. The van der Waals surface area contributed by atoms with Crippen LogP contribution in [0.25, 0.3) is 10.9 Å². The summed E-state index contributed by atoms with van der Waals surface area (Å²) in [5, 5.41) is -5.67. The topological polar surface area (TPSA) is 144 Å². The number of amidine groups is 1. The molecule has 11 nitrogen and oxygen atoms in total. The number of hydrogen-bond donors (Lipinski definition) is 3. The number of hydrazone groups is 1. The number of fused-ring (bicyclic) bond motifs is 4. The Hall–Kier alpha value is -3.75. The third-order valence-electron chi connectivity index (χ3n) is 7.68. The number of aromatic nitrogens is 2. The summed E-state index contributed by atoms with van der Waals surface area (Å²) in [4.78, 5) is 31.8. The van der Waals surface area contributed by atoms with Crippen molar-refractivity contribution in [3.63, 3.8) is 0 Å². The van der Waals surface area contributed by atoms with Crippen molar-refractivity contribution in [2.45, 2.75) is 32.9 Å². The van der Waals surface area contributed by atoms with E-state index in [4.69, 9.17) is 79.1 Å². The smallest absolute Gasteiger partial charge is 0.410 e. The lowest BCUT2D eigenvalue weighted by molar-refractivity contribution is -0.186. The summed E-state index contributed by atoms with van der Waals surface area (Å²) in [5.74, 6) is 2.96. The van der Waals surface area contributed by atoms with Crippen LogP contribution in [0.1, 0.15) is 26.4 Å². The Kier molecular flexibility index (Phi) is 7.58. The van der Waals surface area contributed by atoms with Crippen molar-refractivity contribution >= 4 is 98.6 Å². The van der Waals surface area contributed by atoms with Gasteiger partial charge in [0.2, 0.25) is 11.8 Å². The number of hydrazine groups is 1. The molecule has 17 radical (unpaired) electrons. The van der Waals surface area contributed by atoms with Gasteiger partial charge in [-0.3, -0.25) is 9.59 Å². The number of carbonyl (C=O) groups excluding carboxylic acids is 2. The summed E-state index contributed by atoms with van der Waals surface area (Å²) in [6.45, 7) is 0. The first kappa shape index (κ1) is 33.6. The molecule has 5 rings (SSSR count). The minimum absolute atomic E-state index is 0.00994. The lowest BCUT2D eigenvalue weighted by atomic mass is 9.12. The Morgan fingerprint density at radius 1 is 1.11 bits per heavy atom. The van der Waals surface area contributed by atoms with Gasteiger partial charge in [-0.25, -0.2) is 15.9 Å². The number of ether oxygens (including phenoxy) is 1. The van der Waals surface area contributed by atoms with E-state index in [2.05, 4.69) is 15.4 Å². The van der Waals surface area contributed by atoms with E-state index < -0.39 is 50.6 Å². The Morgan fingerprint density at radius 3 is 2.35 bits per heavy atom. The molecule has 1 fully saturated rings. The first-order chi connectivity index (χ1) is 21.0. The molecule has 0 spiro atoms. The minimum atomic E-state index is -5.21. The fourth-order valence-electron chi connectivity index (χ4n) is 5.30. The third-order valence-corrected chi connectivity index (χ3v) is 7.68. The Bertz CT molecular complexity index is 1800. The van der Waals surface area contributed by atoms with Gasteiger partial charge in [0.05, 0.1) is 58.0 Å². The quantitative estimate of drug-likeness (QED) is 0.0837. The van der Waals surface area contributed by atoms with E-state index in [1.807, 2.05) is 0 Å². The van der Waals surface area contributed by atoms with Crippen molar-refractivity contribution in [3.8, 4) is 5.88 Å². The lowest BCUT2D eigenvalue weighted by Gasteiger charge is -2.76. The lowest BCUT2D eigenvalue weighted by Crippen LogP contribution is -2.97. The second-order valence-electron chi connectivity index (χ2n) is 11.0.